The number of carboxylic acids is 1. The first-order valence-electron chi connectivity index (χ1n) is 7.46. The van der Waals surface area contributed by atoms with E-state index in [-0.39, 0.29) is 18.4 Å². The van der Waals surface area contributed by atoms with E-state index in [1.54, 1.807) is 10.6 Å². The van der Waals surface area contributed by atoms with Gasteiger partial charge in [-0.25, -0.2) is 0 Å². The van der Waals surface area contributed by atoms with Gasteiger partial charge in [-0.15, -0.1) is 0 Å². The molecular formula is C18H21NO3. The summed E-state index contributed by atoms with van der Waals surface area (Å²) in [5.41, 5.74) is 4.65. The third kappa shape index (κ3) is 3.27. The molecule has 0 aliphatic carbocycles. The van der Waals surface area contributed by atoms with Crippen LogP contribution < -0.4 is 5.56 Å². The van der Waals surface area contributed by atoms with Gasteiger partial charge in [-0.1, -0.05) is 23.8 Å². The minimum Gasteiger partial charge on any atom is -0.481 e. The second-order valence-electron chi connectivity index (χ2n) is 5.51. The number of rotatable bonds is 5. The number of aromatic nitrogens is 1. The van der Waals surface area contributed by atoms with Gasteiger partial charge in [0.25, 0.3) is 5.56 Å². The van der Waals surface area contributed by atoms with Gasteiger partial charge in [0.1, 0.15) is 0 Å². The Hall–Kier alpha value is -2.36. The lowest BCUT2D eigenvalue weighted by atomic mass is 10.0. The van der Waals surface area contributed by atoms with Crippen LogP contribution in [0.4, 0.5) is 0 Å². The van der Waals surface area contributed by atoms with Gasteiger partial charge in [0.2, 0.25) is 0 Å². The van der Waals surface area contributed by atoms with Crippen molar-refractivity contribution in [2.75, 3.05) is 0 Å². The molecule has 0 saturated heterocycles. The maximum atomic E-state index is 12.6. The first kappa shape index (κ1) is 16.0. The summed E-state index contributed by atoms with van der Waals surface area (Å²) in [6.45, 7) is 6.54. The molecule has 22 heavy (non-hydrogen) atoms. The Morgan fingerprint density at radius 3 is 2.55 bits per heavy atom. The Kier molecular flexibility index (Phi) is 4.81. The Bertz CT molecular complexity index is 759. The zero-order valence-corrected chi connectivity index (χ0v) is 13.2. The van der Waals surface area contributed by atoms with Crippen molar-refractivity contribution in [1.82, 2.24) is 4.57 Å². The third-order valence-electron chi connectivity index (χ3n) is 3.85. The number of carboxylic acid groups (broad SMARTS) is 1. The van der Waals surface area contributed by atoms with Gasteiger partial charge >= 0.3 is 5.97 Å². The Morgan fingerprint density at radius 2 is 1.91 bits per heavy atom. The van der Waals surface area contributed by atoms with Gasteiger partial charge in [0.15, 0.2) is 0 Å². The lowest BCUT2D eigenvalue weighted by Crippen LogP contribution is -2.25. The molecule has 1 aromatic heterocycles. The maximum absolute atomic E-state index is 12.6. The molecule has 0 spiro atoms. The van der Waals surface area contributed by atoms with E-state index in [0.717, 1.165) is 22.4 Å². The summed E-state index contributed by atoms with van der Waals surface area (Å²) in [5, 5.41) is 8.78. The van der Waals surface area contributed by atoms with E-state index in [4.69, 9.17) is 5.11 Å². The van der Waals surface area contributed by atoms with Gasteiger partial charge in [0.05, 0.1) is 5.69 Å². The van der Waals surface area contributed by atoms with E-state index >= 15 is 0 Å². The molecule has 0 bridgehead atoms. The summed E-state index contributed by atoms with van der Waals surface area (Å²) in [6.07, 6.45) is 0.239. The summed E-state index contributed by atoms with van der Waals surface area (Å²) in [7, 11) is 0. The van der Waals surface area contributed by atoms with Crippen LogP contribution in [0.2, 0.25) is 0 Å². The van der Waals surface area contributed by atoms with E-state index in [0.29, 0.717) is 12.1 Å². The Morgan fingerprint density at radius 1 is 1.18 bits per heavy atom. The van der Waals surface area contributed by atoms with Crippen molar-refractivity contribution in [1.29, 1.82) is 0 Å². The predicted molar refractivity (Wildman–Crippen MR) is 87.2 cm³/mol. The quantitative estimate of drug-likeness (QED) is 0.922. The highest BCUT2D eigenvalue weighted by Crippen LogP contribution is 2.24. The predicted octanol–water partition coefficient (Wildman–Crippen LogP) is 3.17. The molecule has 4 heteroatoms. The molecule has 0 atom stereocenters. The smallest absolute Gasteiger partial charge is 0.303 e. The average Bonchev–Trinajstić information content (AvgIpc) is 2.48. The number of carbonyl (C=O) groups is 1. The van der Waals surface area contributed by atoms with E-state index in [1.807, 2.05) is 32.9 Å². The van der Waals surface area contributed by atoms with Crippen LogP contribution >= 0.6 is 0 Å². The molecule has 1 N–H and O–H groups in total. The molecule has 0 aliphatic rings. The molecule has 0 fully saturated rings. The molecule has 4 nitrogen and oxygen atoms in total. The molecule has 2 aromatic rings. The van der Waals surface area contributed by atoms with Crippen LogP contribution in [-0.4, -0.2) is 15.6 Å². The first-order valence-corrected chi connectivity index (χ1v) is 7.46. The number of hydrogen-bond donors (Lipinski definition) is 1. The molecule has 0 aliphatic heterocycles. The van der Waals surface area contributed by atoms with Crippen LogP contribution in [0.5, 0.6) is 0 Å². The molecular weight excluding hydrogens is 278 g/mol. The lowest BCUT2D eigenvalue weighted by molar-refractivity contribution is -0.136. The highest BCUT2D eigenvalue weighted by molar-refractivity contribution is 5.67. The van der Waals surface area contributed by atoms with Gasteiger partial charge < -0.3 is 9.67 Å². The highest BCUT2D eigenvalue weighted by Gasteiger charge is 2.12. The molecule has 0 saturated carbocycles. The second-order valence-corrected chi connectivity index (χ2v) is 5.51. The summed E-state index contributed by atoms with van der Waals surface area (Å²) >= 11 is 0. The molecule has 2 rings (SSSR count). The van der Waals surface area contributed by atoms with Crippen LogP contribution in [0.1, 0.15) is 30.0 Å². The van der Waals surface area contributed by atoms with Gasteiger partial charge in [-0.3, -0.25) is 9.59 Å². The monoisotopic (exact) mass is 299 g/mol. The van der Waals surface area contributed by atoms with Crippen LogP contribution in [0, 0.1) is 13.8 Å². The average molecular weight is 299 g/mol. The normalized spacial score (nSPS) is 10.7. The van der Waals surface area contributed by atoms with Crippen molar-refractivity contribution < 1.29 is 9.90 Å². The largest absolute Gasteiger partial charge is 0.481 e. The van der Waals surface area contributed by atoms with E-state index in [2.05, 4.69) is 12.1 Å². The fraction of sp³-hybridized carbons (Fsp3) is 0.333. The molecule has 1 heterocycles. The first-order chi connectivity index (χ1) is 10.4. The number of aliphatic carboxylic acids is 1. The topological polar surface area (TPSA) is 59.3 Å². The van der Waals surface area contributed by atoms with Crippen molar-refractivity contribution in [2.45, 2.75) is 40.2 Å². The van der Waals surface area contributed by atoms with Crippen LogP contribution in [0.3, 0.4) is 0 Å². The summed E-state index contributed by atoms with van der Waals surface area (Å²) < 4.78 is 1.72. The van der Waals surface area contributed by atoms with Gasteiger partial charge in [0, 0.05) is 24.1 Å². The van der Waals surface area contributed by atoms with Gasteiger partial charge in [-0.2, -0.15) is 0 Å². The fourth-order valence-corrected chi connectivity index (χ4v) is 2.62. The van der Waals surface area contributed by atoms with Crippen molar-refractivity contribution in [3.05, 3.63) is 57.4 Å². The molecule has 116 valence electrons. The lowest BCUT2D eigenvalue weighted by Gasteiger charge is -2.15. The SMILES string of the molecule is CCn1c(-c2cc(C)ccc2C)ccc(CCC(=O)O)c1=O. The van der Waals surface area contributed by atoms with Crippen LogP contribution in [-0.2, 0) is 17.8 Å². The summed E-state index contributed by atoms with van der Waals surface area (Å²) in [4.78, 5) is 23.3. The number of nitrogens with zero attached hydrogens (tertiary/aromatic N) is 1. The van der Waals surface area contributed by atoms with Crippen molar-refractivity contribution in [2.24, 2.45) is 0 Å². The summed E-state index contributed by atoms with van der Waals surface area (Å²) in [6, 6.07) is 9.85. The van der Waals surface area contributed by atoms with Crippen molar-refractivity contribution in [3.8, 4) is 11.3 Å². The fourth-order valence-electron chi connectivity index (χ4n) is 2.62. The third-order valence-corrected chi connectivity index (χ3v) is 3.85. The minimum absolute atomic E-state index is 0.0260. The minimum atomic E-state index is -0.888. The Balaban J connectivity index is 2.54. The van der Waals surface area contributed by atoms with E-state index in [1.165, 1.54) is 0 Å². The summed E-state index contributed by atoms with van der Waals surface area (Å²) in [5.74, 6) is -0.888. The van der Waals surface area contributed by atoms with E-state index in [9.17, 15) is 9.59 Å². The van der Waals surface area contributed by atoms with Crippen LogP contribution in [0.25, 0.3) is 11.3 Å². The Labute approximate surface area is 130 Å². The number of benzene rings is 1. The van der Waals surface area contributed by atoms with E-state index < -0.39 is 5.97 Å². The second kappa shape index (κ2) is 6.60. The number of aryl methyl sites for hydroxylation is 3. The van der Waals surface area contributed by atoms with Gasteiger partial charge in [-0.05, 0) is 44.9 Å². The molecule has 1 aromatic carbocycles. The number of hydrogen-bond acceptors (Lipinski definition) is 2. The highest BCUT2D eigenvalue weighted by atomic mass is 16.4. The maximum Gasteiger partial charge on any atom is 0.303 e. The van der Waals surface area contributed by atoms with Crippen LogP contribution in [0.15, 0.2) is 35.1 Å². The standard InChI is InChI=1S/C18H21NO3/c1-4-19-16(15-11-12(2)5-6-13(15)3)9-7-14(18(19)22)8-10-17(20)21/h5-7,9,11H,4,8,10H2,1-3H3,(H,20,21). The number of pyridine rings is 1. The van der Waals surface area contributed by atoms with Crippen molar-refractivity contribution in [3.63, 3.8) is 0 Å². The molecule has 0 unspecified atom stereocenters. The molecule has 0 radical (unpaired) electrons. The zero-order chi connectivity index (χ0) is 16.3. The molecule has 0 amide bonds. The zero-order valence-electron chi connectivity index (χ0n) is 13.2. The van der Waals surface area contributed by atoms with Crippen molar-refractivity contribution >= 4 is 5.97 Å².